The van der Waals surface area contributed by atoms with Crippen molar-refractivity contribution < 1.29 is 9.53 Å². The SMILES string of the molecule is CCOC(C)=O.C[CH2][Al]. The maximum atomic E-state index is 9.82. The first kappa shape index (κ1) is 11.8. The maximum Gasteiger partial charge on any atom is 0.302 e. The summed E-state index contributed by atoms with van der Waals surface area (Å²) in [6, 6.07) is 0. The second-order valence-corrected chi connectivity index (χ2v) is 2.15. The van der Waals surface area contributed by atoms with Crippen LogP contribution in [0.3, 0.4) is 0 Å². The van der Waals surface area contributed by atoms with Crippen molar-refractivity contribution >= 4 is 22.3 Å². The summed E-state index contributed by atoms with van der Waals surface area (Å²) in [5.41, 5.74) is 0. The number of ether oxygens (including phenoxy) is 1. The molecule has 0 amide bonds. The lowest BCUT2D eigenvalue weighted by molar-refractivity contribution is -0.140. The fraction of sp³-hybridized carbons (Fsp3) is 0.833. The van der Waals surface area contributed by atoms with Crippen LogP contribution >= 0.6 is 0 Å². The van der Waals surface area contributed by atoms with E-state index in [9.17, 15) is 4.79 Å². The topological polar surface area (TPSA) is 26.3 Å². The Morgan fingerprint density at radius 3 is 1.89 bits per heavy atom. The van der Waals surface area contributed by atoms with Gasteiger partial charge < -0.3 is 4.74 Å². The summed E-state index contributed by atoms with van der Waals surface area (Å²) in [6.45, 7) is 5.74. The van der Waals surface area contributed by atoms with Gasteiger partial charge in [0.15, 0.2) is 0 Å². The quantitative estimate of drug-likeness (QED) is 0.408. The smallest absolute Gasteiger partial charge is 0.302 e. The van der Waals surface area contributed by atoms with E-state index in [1.165, 1.54) is 12.2 Å². The Morgan fingerprint density at radius 1 is 1.56 bits per heavy atom. The number of carbonyl (C=O) groups excluding carboxylic acids is 1. The van der Waals surface area contributed by atoms with Gasteiger partial charge in [-0.25, -0.2) is 0 Å². The van der Waals surface area contributed by atoms with E-state index >= 15 is 0 Å². The van der Waals surface area contributed by atoms with Gasteiger partial charge in [0, 0.05) is 6.92 Å². The van der Waals surface area contributed by atoms with Crippen LogP contribution in [0.4, 0.5) is 0 Å². The molecule has 0 atom stereocenters. The molecule has 2 nitrogen and oxygen atoms in total. The van der Waals surface area contributed by atoms with Gasteiger partial charge in [0.05, 0.1) is 6.61 Å². The molecular formula is C6H13AlO2. The largest absolute Gasteiger partial charge is 0.466 e. The molecule has 0 spiro atoms. The number of hydrogen-bond acceptors (Lipinski definition) is 2. The average Bonchev–Trinajstić information content (AvgIpc) is 1.67. The summed E-state index contributed by atoms with van der Waals surface area (Å²) in [5, 5.41) is 1.17. The summed E-state index contributed by atoms with van der Waals surface area (Å²) < 4.78 is 4.40. The Bertz CT molecular complexity index is 64.1. The summed E-state index contributed by atoms with van der Waals surface area (Å²) in [6.07, 6.45) is 0. The fourth-order valence-corrected chi connectivity index (χ4v) is 0.203. The third-order valence-electron chi connectivity index (χ3n) is 0.348. The predicted octanol–water partition coefficient (Wildman–Crippen LogP) is 1.16. The third-order valence-corrected chi connectivity index (χ3v) is 0.348. The Labute approximate surface area is 65.0 Å². The van der Waals surface area contributed by atoms with E-state index < -0.39 is 0 Å². The van der Waals surface area contributed by atoms with E-state index in [2.05, 4.69) is 28.0 Å². The predicted molar refractivity (Wildman–Crippen MR) is 38.5 cm³/mol. The first-order chi connectivity index (χ1) is 4.18. The van der Waals surface area contributed by atoms with Gasteiger partial charge in [0.2, 0.25) is 0 Å². The molecule has 0 N–H and O–H groups in total. The molecule has 0 unspecified atom stereocenters. The molecule has 0 aliphatic carbocycles. The second-order valence-electron chi connectivity index (χ2n) is 1.33. The van der Waals surface area contributed by atoms with Crippen molar-refractivity contribution in [2.75, 3.05) is 6.61 Å². The Balaban J connectivity index is 0. The van der Waals surface area contributed by atoms with Gasteiger partial charge in [-0.3, -0.25) is 4.79 Å². The van der Waals surface area contributed by atoms with Crippen molar-refractivity contribution in [3.05, 3.63) is 0 Å². The molecule has 52 valence electrons. The molecule has 0 aromatic rings. The highest BCUT2D eigenvalue weighted by atomic mass is 27.0. The molecule has 0 rings (SSSR count). The van der Waals surface area contributed by atoms with Gasteiger partial charge in [-0.05, 0) is 6.92 Å². The lowest BCUT2D eigenvalue weighted by atomic mass is 10.8. The molecule has 0 saturated heterocycles. The van der Waals surface area contributed by atoms with E-state index in [-0.39, 0.29) is 5.97 Å². The van der Waals surface area contributed by atoms with Crippen LogP contribution in [0, 0.1) is 0 Å². The number of carbonyl (C=O) groups is 1. The van der Waals surface area contributed by atoms with E-state index in [4.69, 9.17) is 0 Å². The average molecular weight is 144 g/mol. The summed E-state index contributed by atoms with van der Waals surface area (Å²) in [7, 11) is 0. The molecule has 0 aromatic heterocycles. The Hall–Kier alpha value is 0.00247. The zero-order chi connectivity index (χ0) is 7.70. The zero-order valence-corrected chi connectivity index (χ0v) is 7.46. The van der Waals surface area contributed by atoms with Crippen molar-refractivity contribution in [3.8, 4) is 0 Å². The monoisotopic (exact) mass is 144 g/mol. The van der Waals surface area contributed by atoms with Crippen LogP contribution < -0.4 is 0 Å². The highest BCUT2D eigenvalue weighted by molar-refractivity contribution is 6.08. The van der Waals surface area contributed by atoms with Crippen molar-refractivity contribution in [3.63, 3.8) is 0 Å². The number of hydrogen-bond donors (Lipinski definition) is 0. The minimum Gasteiger partial charge on any atom is -0.466 e. The molecule has 0 aromatic carbocycles. The summed E-state index contributed by atoms with van der Waals surface area (Å²) in [5.74, 6) is -0.211. The van der Waals surface area contributed by atoms with Gasteiger partial charge in [-0.15, -0.1) is 5.28 Å². The van der Waals surface area contributed by atoms with Gasteiger partial charge >= 0.3 is 5.97 Å². The molecular weight excluding hydrogens is 131 g/mol. The molecule has 0 heterocycles. The number of esters is 1. The highest BCUT2D eigenvalue weighted by Crippen LogP contribution is 1.69. The fourth-order valence-electron chi connectivity index (χ4n) is 0.203. The third kappa shape index (κ3) is 32.0. The molecule has 0 aliphatic heterocycles. The Morgan fingerprint density at radius 2 is 1.89 bits per heavy atom. The van der Waals surface area contributed by atoms with Crippen molar-refractivity contribution in [2.24, 2.45) is 0 Å². The van der Waals surface area contributed by atoms with Crippen molar-refractivity contribution in [1.82, 2.24) is 0 Å². The minimum atomic E-state index is -0.211. The molecule has 0 bridgehead atoms. The summed E-state index contributed by atoms with van der Waals surface area (Å²) in [4.78, 5) is 9.82. The lowest BCUT2D eigenvalue weighted by Gasteiger charge is -1.89. The van der Waals surface area contributed by atoms with Gasteiger partial charge in [0.1, 0.15) is 16.3 Å². The van der Waals surface area contributed by atoms with Crippen molar-refractivity contribution in [2.45, 2.75) is 26.1 Å². The van der Waals surface area contributed by atoms with E-state index in [0.717, 1.165) is 0 Å². The van der Waals surface area contributed by atoms with Gasteiger partial charge in [-0.1, -0.05) is 6.92 Å². The Kier molecular flexibility index (Phi) is 14.2. The zero-order valence-electron chi connectivity index (χ0n) is 6.31. The first-order valence-corrected chi connectivity index (χ1v) is 3.84. The number of rotatable bonds is 1. The van der Waals surface area contributed by atoms with Crippen LogP contribution in [0.15, 0.2) is 0 Å². The van der Waals surface area contributed by atoms with Crippen LogP contribution in [0.5, 0.6) is 0 Å². The second kappa shape index (κ2) is 10.9. The molecule has 2 radical (unpaired) electrons. The summed E-state index contributed by atoms with van der Waals surface area (Å²) >= 11 is 2.58. The maximum absolute atomic E-state index is 9.82. The van der Waals surface area contributed by atoms with Crippen LogP contribution in [0.25, 0.3) is 0 Å². The molecule has 0 aliphatic rings. The van der Waals surface area contributed by atoms with Crippen LogP contribution in [-0.2, 0) is 9.53 Å². The molecule has 3 heteroatoms. The molecule has 0 fully saturated rings. The normalized spacial score (nSPS) is 7.00. The molecule has 0 saturated carbocycles. The van der Waals surface area contributed by atoms with E-state index in [0.29, 0.717) is 6.61 Å². The van der Waals surface area contributed by atoms with Crippen LogP contribution in [-0.4, -0.2) is 28.9 Å². The first-order valence-electron chi connectivity index (χ1n) is 3.02. The standard InChI is InChI=1S/C4H8O2.C2H5.Al/c1-3-6-4(2)5;1-2;/h3H2,1-2H3;1H2,2H3;. The van der Waals surface area contributed by atoms with E-state index in [1.807, 2.05) is 0 Å². The van der Waals surface area contributed by atoms with Crippen molar-refractivity contribution in [1.29, 1.82) is 0 Å². The van der Waals surface area contributed by atoms with Crippen LogP contribution in [0.2, 0.25) is 5.28 Å². The lowest BCUT2D eigenvalue weighted by Crippen LogP contribution is -1.95. The highest BCUT2D eigenvalue weighted by Gasteiger charge is 1.81. The van der Waals surface area contributed by atoms with Gasteiger partial charge in [0.25, 0.3) is 0 Å². The van der Waals surface area contributed by atoms with E-state index in [1.54, 1.807) is 6.92 Å². The van der Waals surface area contributed by atoms with Gasteiger partial charge in [-0.2, -0.15) is 0 Å². The van der Waals surface area contributed by atoms with Crippen LogP contribution in [0.1, 0.15) is 20.8 Å². The molecule has 9 heavy (non-hydrogen) atoms. The minimum absolute atomic E-state index is 0.211.